The Bertz CT molecular complexity index is 338. The van der Waals surface area contributed by atoms with Gasteiger partial charge in [-0.2, -0.15) is 0 Å². The van der Waals surface area contributed by atoms with E-state index in [1.807, 2.05) is 0 Å². The summed E-state index contributed by atoms with van der Waals surface area (Å²) in [5, 5.41) is 11.0. The molecule has 0 heterocycles. The van der Waals surface area contributed by atoms with Crippen molar-refractivity contribution < 1.29 is 5.11 Å². The van der Waals surface area contributed by atoms with Gasteiger partial charge in [-0.25, -0.2) is 0 Å². The maximum atomic E-state index is 11.0. The van der Waals surface area contributed by atoms with Crippen LogP contribution in [0.25, 0.3) is 0 Å². The summed E-state index contributed by atoms with van der Waals surface area (Å²) < 4.78 is 0. The van der Waals surface area contributed by atoms with E-state index in [0.717, 1.165) is 31.6 Å². The molecule has 0 radical (unpaired) electrons. The zero-order valence-electron chi connectivity index (χ0n) is 12.9. The number of hydrogen-bond donors (Lipinski definition) is 2. The zero-order valence-corrected chi connectivity index (χ0v) is 12.9. The van der Waals surface area contributed by atoms with Crippen molar-refractivity contribution in [1.82, 2.24) is 0 Å². The quantitative estimate of drug-likeness (QED) is 0.764. The lowest BCUT2D eigenvalue weighted by molar-refractivity contribution is -0.0212. The molecule has 2 rings (SSSR count). The largest absolute Gasteiger partial charge is 0.392 e. The van der Waals surface area contributed by atoms with Gasteiger partial charge in [0.05, 0.1) is 6.10 Å². The Labute approximate surface area is 118 Å². The highest BCUT2D eigenvalue weighted by molar-refractivity contribution is 5.09. The van der Waals surface area contributed by atoms with Crippen LogP contribution < -0.4 is 5.73 Å². The first kappa shape index (κ1) is 15.1. The molecule has 3 N–H and O–H groups in total. The van der Waals surface area contributed by atoms with Crippen LogP contribution in [0.15, 0.2) is 11.6 Å². The van der Waals surface area contributed by atoms with E-state index in [2.05, 4.69) is 26.8 Å². The zero-order chi connectivity index (χ0) is 14.0. The first-order valence-electron chi connectivity index (χ1n) is 8.06. The van der Waals surface area contributed by atoms with Gasteiger partial charge in [0.2, 0.25) is 0 Å². The fraction of sp³-hybridized carbons (Fsp3) is 0.882. The lowest BCUT2D eigenvalue weighted by Crippen LogP contribution is -2.45. The summed E-state index contributed by atoms with van der Waals surface area (Å²) in [7, 11) is 0. The predicted molar refractivity (Wildman–Crippen MR) is 80.8 cm³/mol. The van der Waals surface area contributed by atoms with Gasteiger partial charge in [-0.1, -0.05) is 31.9 Å². The maximum absolute atomic E-state index is 11.0. The van der Waals surface area contributed by atoms with Crippen molar-refractivity contribution >= 4 is 0 Å². The Morgan fingerprint density at radius 3 is 2.79 bits per heavy atom. The molecule has 0 spiro atoms. The van der Waals surface area contributed by atoms with E-state index in [1.54, 1.807) is 0 Å². The number of aliphatic hydroxyl groups is 1. The number of allylic oxidation sites excluding steroid dienone is 2. The molecule has 1 saturated carbocycles. The Kier molecular flexibility index (Phi) is 4.73. The van der Waals surface area contributed by atoms with Crippen molar-refractivity contribution in [3.8, 4) is 0 Å². The molecule has 0 bridgehead atoms. The minimum atomic E-state index is -0.208. The first-order valence-corrected chi connectivity index (χ1v) is 8.06. The molecular weight excluding hydrogens is 234 g/mol. The van der Waals surface area contributed by atoms with E-state index in [1.165, 1.54) is 18.4 Å². The minimum Gasteiger partial charge on any atom is -0.392 e. The van der Waals surface area contributed by atoms with Crippen LogP contribution in [0.4, 0.5) is 0 Å². The molecule has 2 aliphatic carbocycles. The van der Waals surface area contributed by atoms with Gasteiger partial charge in [0.25, 0.3) is 0 Å². The Balaban J connectivity index is 2.09. The van der Waals surface area contributed by atoms with Crippen molar-refractivity contribution in [2.45, 2.75) is 65.4 Å². The van der Waals surface area contributed by atoms with Gasteiger partial charge >= 0.3 is 0 Å². The third kappa shape index (κ3) is 3.05. The summed E-state index contributed by atoms with van der Waals surface area (Å²) in [4.78, 5) is 0. The van der Waals surface area contributed by atoms with Gasteiger partial charge in [0, 0.05) is 12.0 Å². The van der Waals surface area contributed by atoms with E-state index in [-0.39, 0.29) is 11.5 Å². The molecule has 2 heteroatoms. The van der Waals surface area contributed by atoms with Gasteiger partial charge in [-0.05, 0) is 56.8 Å². The third-order valence-electron chi connectivity index (χ3n) is 5.63. The van der Waals surface area contributed by atoms with Gasteiger partial charge < -0.3 is 10.8 Å². The molecule has 110 valence electrons. The number of aliphatic hydroxyl groups excluding tert-OH is 1. The molecule has 0 aromatic carbocycles. The van der Waals surface area contributed by atoms with Crippen LogP contribution >= 0.6 is 0 Å². The smallest absolute Gasteiger partial charge is 0.0640 e. The lowest BCUT2D eigenvalue weighted by Gasteiger charge is -2.40. The monoisotopic (exact) mass is 265 g/mol. The van der Waals surface area contributed by atoms with Crippen molar-refractivity contribution in [1.29, 1.82) is 0 Å². The van der Waals surface area contributed by atoms with E-state index in [4.69, 9.17) is 5.73 Å². The average Bonchev–Trinajstić information content (AvgIpc) is 2.81. The first-order chi connectivity index (χ1) is 9.00. The van der Waals surface area contributed by atoms with E-state index in [9.17, 15) is 5.11 Å². The van der Waals surface area contributed by atoms with Gasteiger partial charge in [-0.3, -0.25) is 0 Å². The maximum Gasteiger partial charge on any atom is 0.0640 e. The Hall–Kier alpha value is -0.340. The number of nitrogens with two attached hydrogens (primary N) is 1. The molecule has 2 nitrogen and oxygen atoms in total. The van der Waals surface area contributed by atoms with Crippen LogP contribution in [0.5, 0.6) is 0 Å². The molecule has 19 heavy (non-hydrogen) atoms. The van der Waals surface area contributed by atoms with Crippen LogP contribution in [-0.2, 0) is 0 Å². The van der Waals surface area contributed by atoms with Crippen LogP contribution in [0.1, 0.15) is 59.3 Å². The summed E-state index contributed by atoms with van der Waals surface area (Å²) in [6.07, 6.45) is 9.07. The standard InChI is InChI=1S/C17H31NO/c1-4-14-5-6-17(10-14,11-18)16(19)15-8-12(2)7-13(3)9-15/h7,12,14-16,19H,4-6,8-11,18H2,1-3H3. The van der Waals surface area contributed by atoms with Gasteiger partial charge in [0.1, 0.15) is 0 Å². The Morgan fingerprint density at radius 1 is 1.53 bits per heavy atom. The van der Waals surface area contributed by atoms with Crippen molar-refractivity contribution in [3.63, 3.8) is 0 Å². The van der Waals surface area contributed by atoms with E-state index >= 15 is 0 Å². The molecule has 0 amide bonds. The highest BCUT2D eigenvalue weighted by Gasteiger charge is 2.46. The molecule has 0 aromatic heterocycles. The fourth-order valence-corrected chi connectivity index (χ4v) is 4.53. The van der Waals surface area contributed by atoms with Crippen molar-refractivity contribution in [2.75, 3.05) is 6.54 Å². The van der Waals surface area contributed by atoms with Crippen molar-refractivity contribution in [2.24, 2.45) is 28.9 Å². The second-order valence-electron chi connectivity index (χ2n) is 7.22. The second-order valence-corrected chi connectivity index (χ2v) is 7.22. The lowest BCUT2D eigenvalue weighted by atomic mass is 9.69. The molecule has 0 aromatic rings. The summed E-state index contributed by atoms with van der Waals surface area (Å²) >= 11 is 0. The number of hydrogen-bond acceptors (Lipinski definition) is 2. The SMILES string of the molecule is CCC1CCC(CN)(C(O)C2CC(C)=CC(C)C2)C1. The molecule has 5 atom stereocenters. The summed E-state index contributed by atoms with van der Waals surface area (Å²) in [5.41, 5.74) is 7.54. The topological polar surface area (TPSA) is 46.2 Å². The highest BCUT2D eigenvalue weighted by atomic mass is 16.3. The second kappa shape index (κ2) is 5.97. The molecular formula is C17H31NO. The summed E-state index contributed by atoms with van der Waals surface area (Å²) in [5.74, 6) is 1.79. The van der Waals surface area contributed by atoms with Crippen LogP contribution in [0.2, 0.25) is 0 Å². The van der Waals surface area contributed by atoms with Crippen LogP contribution in [-0.4, -0.2) is 17.8 Å². The Morgan fingerprint density at radius 2 is 2.26 bits per heavy atom. The van der Waals surface area contributed by atoms with Gasteiger partial charge in [-0.15, -0.1) is 0 Å². The molecule has 0 aliphatic heterocycles. The van der Waals surface area contributed by atoms with E-state index < -0.39 is 0 Å². The van der Waals surface area contributed by atoms with Gasteiger partial charge in [0.15, 0.2) is 0 Å². The number of rotatable bonds is 4. The average molecular weight is 265 g/mol. The molecule has 0 saturated heterocycles. The van der Waals surface area contributed by atoms with Crippen molar-refractivity contribution in [3.05, 3.63) is 11.6 Å². The third-order valence-corrected chi connectivity index (χ3v) is 5.63. The van der Waals surface area contributed by atoms with Crippen LogP contribution in [0.3, 0.4) is 0 Å². The summed E-state index contributed by atoms with van der Waals surface area (Å²) in [6, 6.07) is 0. The molecule has 2 aliphatic rings. The molecule has 1 fully saturated rings. The summed E-state index contributed by atoms with van der Waals surface area (Å²) in [6.45, 7) is 7.38. The van der Waals surface area contributed by atoms with E-state index in [0.29, 0.717) is 18.4 Å². The predicted octanol–water partition coefficient (Wildman–Crippen LogP) is 3.49. The van der Waals surface area contributed by atoms with Crippen LogP contribution in [0, 0.1) is 23.2 Å². The highest BCUT2D eigenvalue weighted by Crippen LogP contribution is 2.49. The fourth-order valence-electron chi connectivity index (χ4n) is 4.53. The normalized spacial score (nSPS) is 41.1. The minimum absolute atomic E-state index is 0.00266. The molecule has 5 unspecified atom stereocenters.